The Labute approximate surface area is 154 Å². The average molecular weight is 354 g/mol. The van der Waals surface area contributed by atoms with Crippen LogP contribution in [0.4, 0.5) is 5.69 Å². The van der Waals surface area contributed by atoms with Gasteiger partial charge in [0.15, 0.2) is 0 Å². The lowest BCUT2D eigenvalue weighted by atomic mass is 10.0. The molecule has 0 heterocycles. The number of rotatable bonds is 7. The zero-order valence-corrected chi connectivity index (χ0v) is 15.7. The van der Waals surface area contributed by atoms with Gasteiger partial charge in [-0.1, -0.05) is 32.9 Å². The molecule has 0 aliphatic rings. The molecule has 2 N–H and O–H groups in total. The van der Waals surface area contributed by atoms with Crippen LogP contribution in [0.5, 0.6) is 5.75 Å². The van der Waals surface area contributed by atoms with Crippen LogP contribution in [0.15, 0.2) is 48.5 Å². The molecule has 0 saturated carbocycles. The van der Waals surface area contributed by atoms with Gasteiger partial charge in [0.05, 0.1) is 7.11 Å². The SMILES string of the molecule is CCc1ccc(NC(=O)[C@@H](NC(=O)c2ccc(OC)cc2)C(C)C)cc1. The number of ether oxygens (including phenoxy) is 1. The second kappa shape index (κ2) is 9.04. The lowest BCUT2D eigenvalue weighted by molar-refractivity contribution is -0.118. The molecule has 5 heteroatoms. The molecule has 0 saturated heterocycles. The third-order valence-corrected chi connectivity index (χ3v) is 4.22. The highest BCUT2D eigenvalue weighted by Crippen LogP contribution is 2.14. The molecular weight excluding hydrogens is 328 g/mol. The zero-order chi connectivity index (χ0) is 19.1. The fraction of sp³-hybridized carbons (Fsp3) is 0.333. The monoisotopic (exact) mass is 354 g/mol. The van der Waals surface area contributed by atoms with Gasteiger partial charge >= 0.3 is 0 Å². The highest BCUT2D eigenvalue weighted by Gasteiger charge is 2.24. The van der Waals surface area contributed by atoms with E-state index in [-0.39, 0.29) is 17.7 Å². The van der Waals surface area contributed by atoms with Crippen molar-refractivity contribution in [2.24, 2.45) is 5.92 Å². The Morgan fingerprint density at radius 2 is 1.62 bits per heavy atom. The fourth-order valence-electron chi connectivity index (χ4n) is 2.55. The van der Waals surface area contributed by atoms with Gasteiger partial charge in [0.25, 0.3) is 5.91 Å². The summed E-state index contributed by atoms with van der Waals surface area (Å²) in [6, 6.07) is 13.9. The Balaban J connectivity index is 2.06. The highest BCUT2D eigenvalue weighted by atomic mass is 16.5. The van der Waals surface area contributed by atoms with Crippen LogP contribution in [-0.4, -0.2) is 25.0 Å². The van der Waals surface area contributed by atoms with Crippen molar-refractivity contribution < 1.29 is 14.3 Å². The van der Waals surface area contributed by atoms with Gasteiger partial charge in [-0.15, -0.1) is 0 Å². The van der Waals surface area contributed by atoms with Crippen molar-refractivity contribution in [2.75, 3.05) is 12.4 Å². The third-order valence-electron chi connectivity index (χ3n) is 4.22. The number of nitrogens with one attached hydrogen (secondary N) is 2. The van der Waals surface area contributed by atoms with Crippen LogP contribution >= 0.6 is 0 Å². The lowest BCUT2D eigenvalue weighted by Crippen LogP contribution is -2.47. The molecule has 0 fully saturated rings. The summed E-state index contributed by atoms with van der Waals surface area (Å²) in [6.45, 7) is 5.88. The first kappa shape index (κ1) is 19.5. The smallest absolute Gasteiger partial charge is 0.251 e. The molecule has 1 atom stereocenters. The van der Waals surface area contributed by atoms with E-state index in [1.54, 1.807) is 31.4 Å². The van der Waals surface area contributed by atoms with E-state index in [2.05, 4.69) is 17.6 Å². The fourth-order valence-corrected chi connectivity index (χ4v) is 2.55. The van der Waals surface area contributed by atoms with Crippen molar-refractivity contribution in [1.82, 2.24) is 5.32 Å². The minimum atomic E-state index is -0.629. The van der Waals surface area contributed by atoms with Crippen molar-refractivity contribution in [3.05, 3.63) is 59.7 Å². The predicted molar refractivity (Wildman–Crippen MR) is 104 cm³/mol. The van der Waals surface area contributed by atoms with Gasteiger partial charge in [-0.25, -0.2) is 0 Å². The summed E-state index contributed by atoms with van der Waals surface area (Å²) in [5.41, 5.74) is 2.41. The molecule has 138 valence electrons. The summed E-state index contributed by atoms with van der Waals surface area (Å²) >= 11 is 0. The minimum absolute atomic E-state index is 0.0490. The Bertz CT molecular complexity index is 737. The van der Waals surface area contributed by atoms with E-state index < -0.39 is 6.04 Å². The highest BCUT2D eigenvalue weighted by molar-refractivity contribution is 6.01. The van der Waals surface area contributed by atoms with E-state index in [0.29, 0.717) is 11.3 Å². The molecule has 5 nitrogen and oxygen atoms in total. The summed E-state index contributed by atoms with van der Waals surface area (Å²) < 4.78 is 5.09. The van der Waals surface area contributed by atoms with E-state index in [4.69, 9.17) is 4.74 Å². The molecule has 2 aromatic rings. The molecule has 26 heavy (non-hydrogen) atoms. The van der Waals surface area contributed by atoms with Gasteiger partial charge in [-0.3, -0.25) is 9.59 Å². The van der Waals surface area contributed by atoms with Gasteiger partial charge in [-0.2, -0.15) is 0 Å². The maximum Gasteiger partial charge on any atom is 0.251 e. The van der Waals surface area contributed by atoms with Gasteiger partial charge in [-0.05, 0) is 54.3 Å². The largest absolute Gasteiger partial charge is 0.497 e. The van der Waals surface area contributed by atoms with Crippen LogP contribution in [-0.2, 0) is 11.2 Å². The predicted octanol–water partition coefficient (Wildman–Crippen LogP) is 3.65. The average Bonchev–Trinajstić information content (AvgIpc) is 2.66. The maximum absolute atomic E-state index is 12.6. The van der Waals surface area contributed by atoms with E-state index >= 15 is 0 Å². The van der Waals surface area contributed by atoms with Crippen LogP contribution in [0.1, 0.15) is 36.7 Å². The summed E-state index contributed by atoms with van der Waals surface area (Å²) in [6.07, 6.45) is 0.945. The number of aryl methyl sites for hydroxylation is 1. The van der Waals surface area contributed by atoms with Gasteiger partial charge in [0.1, 0.15) is 11.8 Å². The van der Waals surface area contributed by atoms with E-state index in [0.717, 1.165) is 12.1 Å². The Hall–Kier alpha value is -2.82. The van der Waals surface area contributed by atoms with Crippen molar-refractivity contribution in [3.63, 3.8) is 0 Å². The van der Waals surface area contributed by atoms with Gasteiger partial charge < -0.3 is 15.4 Å². The molecular formula is C21H26N2O3. The first-order valence-electron chi connectivity index (χ1n) is 8.79. The topological polar surface area (TPSA) is 67.4 Å². The first-order valence-corrected chi connectivity index (χ1v) is 8.79. The van der Waals surface area contributed by atoms with Crippen molar-refractivity contribution in [2.45, 2.75) is 33.2 Å². The number of hydrogen-bond donors (Lipinski definition) is 2. The van der Waals surface area contributed by atoms with E-state index in [1.807, 2.05) is 38.1 Å². The summed E-state index contributed by atoms with van der Waals surface area (Å²) in [5.74, 6) is 0.108. The summed E-state index contributed by atoms with van der Waals surface area (Å²) in [7, 11) is 1.57. The maximum atomic E-state index is 12.6. The Kier molecular flexibility index (Phi) is 6.78. The second-order valence-electron chi connectivity index (χ2n) is 6.46. The van der Waals surface area contributed by atoms with Crippen LogP contribution in [0.25, 0.3) is 0 Å². The lowest BCUT2D eigenvalue weighted by Gasteiger charge is -2.22. The van der Waals surface area contributed by atoms with E-state index in [9.17, 15) is 9.59 Å². The zero-order valence-electron chi connectivity index (χ0n) is 15.7. The molecule has 2 amide bonds. The number of amides is 2. The van der Waals surface area contributed by atoms with Crippen LogP contribution in [0.2, 0.25) is 0 Å². The van der Waals surface area contributed by atoms with Gasteiger partial charge in [0, 0.05) is 11.3 Å². The molecule has 0 unspecified atom stereocenters. The van der Waals surface area contributed by atoms with Gasteiger partial charge in [0.2, 0.25) is 5.91 Å². The molecule has 0 spiro atoms. The number of hydrogen-bond acceptors (Lipinski definition) is 3. The second-order valence-corrected chi connectivity index (χ2v) is 6.46. The normalized spacial score (nSPS) is 11.7. The number of carbonyl (C=O) groups is 2. The third kappa shape index (κ3) is 5.09. The molecule has 0 bridgehead atoms. The van der Waals surface area contributed by atoms with Crippen molar-refractivity contribution in [3.8, 4) is 5.75 Å². The van der Waals surface area contributed by atoms with Crippen molar-refractivity contribution in [1.29, 1.82) is 0 Å². The van der Waals surface area contributed by atoms with E-state index in [1.165, 1.54) is 5.56 Å². The first-order chi connectivity index (χ1) is 12.4. The van der Waals surface area contributed by atoms with Crippen LogP contribution < -0.4 is 15.4 Å². The molecule has 2 rings (SSSR count). The molecule has 0 aliphatic heterocycles. The summed E-state index contributed by atoms with van der Waals surface area (Å²) in [5, 5.41) is 5.70. The molecule has 0 radical (unpaired) electrons. The summed E-state index contributed by atoms with van der Waals surface area (Å²) in [4.78, 5) is 25.1. The van der Waals surface area contributed by atoms with Crippen LogP contribution in [0.3, 0.4) is 0 Å². The molecule has 0 aromatic heterocycles. The molecule has 2 aromatic carbocycles. The Morgan fingerprint density at radius 1 is 1.00 bits per heavy atom. The van der Waals surface area contributed by atoms with Crippen molar-refractivity contribution >= 4 is 17.5 Å². The number of methoxy groups -OCH3 is 1. The standard InChI is InChI=1S/C21H26N2O3/c1-5-15-6-10-17(11-7-15)22-21(25)19(14(2)3)23-20(24)16-8-12-18(26-4)13-9-16/h6-14,19H,5H2,1-4H3,(H,22,25)(H,23,24)/t19-/m0/s1. The quantitative estimate of drug-likeness (QED) is 0.797. The molecule has 0 aliphatic carbocycles. The van der Waals surface area contributed by atoms with Crippen LogP contribution in [0, 0.1) is 5.92 Å². The number of anilines is 1. The number of carbonyl (C=O) groups excluding carboxylic acids is 2. The Morgan fingerprint density at radius 3 is 2.12 bits per heavy atom. The number of benzene rings is 2. The minimum Gasteiger partial charge on any atom is -0.497 e.